The maximum atomic E-state index is 13.1. The fourth-order valence-corrected chi connectivity index (χ4v) is 5.56. The molecule has 0 saturated heterocycles. The summed E-state index contributed by atoms with van der Waals surface area (Å²) in [5, 5.41) is 14.0. The van der Waals surface area contributed by atoms with Crippen LogP contribution in [0.2, 0.25) is 0 Å². The summed E-state index contributed by atoms with van der Waals surface area (Å²) >= 11 is 0. The number of allylic oxidation sites excluding steroid dienone is 2. The van der Waals surface area contributed by atoms with Crippen molar-refractivity contribution in [2.75, 3.05) is 26.6 Å². The Hall–Kier alpha value is -3.67. The minimum absolute atomic E-state index is 0.0509. The molecule has 1 heterocycles. The third-order valence-corrected chi connectivity index (χ3v) is 7.78. The molecule has 43 heavy (non-hydrogen) atoms. The first-order valence-corrected chi connectivity index (χ1v) is 14.3. The molecule has 1 aromatic rings. The van der Waals surface area contributed by atoms with E-state index >= 15 is 0 Å². The van der Waals surface area contributed by atoms with Crippen LogP contribution in [-0.4, -0.2) is 63.2 Å². The van der Waals surface area contributed by atoms with Crippen LogP contribution in [0.25, 0.3) is 0 Å². The standard InChI is InChI=1S/C32H46N2O9/c1-9-22-13-20(4)30(41-8)26(39-6)14-21(5)29(40-7)24-15-23(42-17-35)16-25(27(24)36)34-31(37)19(3)12-10-11-18(2)28(22)43-32(33)38/h10-13,15-18,20-21,26,28-30,36H,9,14H2,1-8H3,(H2,33,38)(H,34,37)/b11-10-,19-12+,22-13+. The van der Waals surface area contributed by atoms with Crippen LogP contribution in [-0.2, 0) is 28.5 Å². The first-order chi connectivity index (χ1) is 20.4. The Bertz CT molecular complexity index is 1210. The topological polar surface area (TPSA) is 156 Å². The van der Waals surface area contributed by atoms with Gasteiger partial charge in [-0.3, -0.25) is 9.59 Å². The summed E-state index contributed by atoms with van der Waals surface area (Å²) in [5.41, 5.74) is 7.02. The second-order valence-electron chi connectivity index (χ2n) is 10.8. The van der Waals surface area contributed by atoms with Crippen LogP contribution >= 0.6 is 0 Å². The number of carbonyl (C=O) groups excluding carboxylic acids is 3. The Morgan fingerprint density at radius 3 is 2.35 bits per heavy atom. The summed E-state index contributed by atoms with van der Waals surface area (Å²) in [6.45, 7) is 9.68. The number of hydrogen-bond acceptors (Lipinski definition) is 9. The maximum absolute atomic E-state index is 13.1. The number of aromatic hydroxyl groups is 1. The van der Waals surface area contributed by atoms with Crippen molar-refractivity contribution in [1.82, 2.24) is 0 Å². The number of benzene rings is 1. The number of phenolic OH excluding ortho intramolecular Hbond substituents is 1. The summed E-state index contributed by atoms with van der Waals surface area (Å²) in [7, 11) is 4.72. The smallest absolute Gasteiger partial charge is 0.405 e. The molecule has 2 rings (SSSR count). The highest BCUT2D eigenvalue weighted by molar-refractivity contribution is 6.04. The van der Waals surface area contributed by atoms with Gasteiger partial charge in [-0.1, -0.05) is 52.0 Å². The zero-order chi connectivity index (χ0) is 32.3. The molecule has 1 aliphatic rings. The molecule has 0 aliphatic carbocycles. The van der Waals surface area contributed by atoms with Gasteiger partial charge in [-0.05, 0) is 37.3 Å². The number of anilines is 1. The Morgan fingerprint density at radius 1 is 1.09 bits per heavy atom. The molecule has 0 radical (unpaired) electrons. The number of phenols is 1. The molecule has 238 valence electrons. The van der Waals surface area contributed by atoms with Crippen molar-refractivity contribution in [2.24, 2.45) is 23.5 Å². The predicted molar refractivity (Wildman–Crippen MR) is 163 cm³/mol. The molecule has 7 atom stereocenters. The predicted octanol–water partition coefficient (Wildman–Crippen LogP) is 5.20. The number of nitrogens with two attached hydrogens (primary N) is 1. The lowest BCUT2D eigenvalue weighted by Gasteiger charge is -2.33. The Balaban J connectivity index is 2.75. The lowest BCUT2D eigenvalue weighted by atomic mass is 9.85. The fraction of sp³-hybridized carbons (Fsp3) is 0.531. The third-order valence-electron chi connectivity index (χ3n) is 7.78. The van der Waals surface area contributed by atoms with Gasteiger partial charge in [-0.25, -0.2) is 4.79 Å². The average Bonchev–Trinajstić information content (AvgIpc) is 2.96. The minimum atomic E-state index is -0.890. The summed E-state index contributed by atoms with van der Waals surface area (Å²) in [6, 6.07) is 2.87. The minimum Gasteiger partial charge on any atom is -0.505 e. The van der Waals surface area contributed by atoms with Gasteiger partial charge in [0.2, 0.25) is 0 Å². The van der Waals surface area contributed by atoms with E-state index in [-0.39, 0.29) is 41.4 Å². The molecule has 11 nitrogen and oxygen atoms in total. The Kier molecular flexibility index (Phi) is 13.9. The molecule has 4 N–H and O–H groups in total. The molecule has 0 fully saturated rings. The fourth-order valence-electron chi connectivity index (χ4n) is 5.56. The number of nitrogens with one attached hydrogen (secondary N) is 1. The molecule has 1 aliphatic heterocycles. The van der Waals surface area contributed by atoms with Crippen molar-refractivity contribution in [3.63, 3.8) is 0 Å². The van der Waals surface area contributed by atoms with Crippen LogP contribution in [0.15, 0.2) is 47.6 Å². The van der Waals surface area contributed by atoms with Gasteiger partial charge < -0.3 is 39.8 Å². The first-order valence-electron chi connectivity index (χ1n) is 14.3. The van der Waals surface area contributed by atoms with Gasteiger partial charge in [0.05, 0.1) is 24.0 Å². The van der Waals surface area contributed by atoms with E-state index in [9.17, 15) is 19.5 Å². The van der Waals surface area contributed by atoms with Gasteiger partial charge in [-0.15, -0.1) is 0 Å². The molecule has 0 saturated carbocycles. The van der Waals surface area contributed by atoms with Crippen molar-refractivity contribution < 1.29 is 43.2 Å². The Morgan fingerprint density at radius 2 is 1.79 bits per heavy atom. The van der Waals surface area contributed by atoms with Crippen molar-refractivity contribution in [1.29, 1.82) is 0 Å². The van der Waals surface area contributed by atoms with Crippen molar-refractivity contribution in [3.8, 4) is 11.5 Å². The monoisotopic (exact) mass is 602 g/mol. The number of amides is 2. The number of primary amides is 1. The van der Waals surface area contributed by atoms with Crippen LogP contribution in [0.4, 0.5) is 10.5 Å². The molecule has 0 aromatic heterocycles. The number of rotatable bonds is 7. The van der Waals surface area contributed by atoms with E-state index in [1.165, 1.54) is 19.2 Å². The maximum Gasteiger partial charge on any atom is 0.405 e. The summed E-state index contributed by atoms with van der Waals surface area (Å²) in [5.74, 6) is -1.27. The highest BCUT2D eigenvalue weighted by Gasteiger charge is 2.33. The second kappa shape index (κ2) is 16.8. The Labute approximate surface area is 254 Å². The number of ether oxygens (including phenoxy) is 5. The highest BCUT2D eigenvalue weighted by Crippen LogP contribution is 2.42. The molecular weight excluding hydrogens is 556 g/mol. The molecule has 2 amide bonds. The largest absolute Gasteiger partial charge is 0.505 e. The molecule has 2 bridgehead atoms. The summed E-state index contributed by atoms with van der Waals surface area (Å²) in [4.78, 5) is 36.1. The van der Waals surface area contributed by atoms with E-state index < -0.39 is 36.4 Å². The van der Waals surface area contributed by atoms with E-state index in [1.54, 1.807) is 33.3 Å². The van der Waals surface area contributed by atoms with Crippen LogP contribution < -0.4 is 15.8 Å². The van der Waals surface area contributed by atoms with Crippen molar-refractivity contribution >= 4 is 24.2 Å². The van der Waals surface area contributed by atoms with E-state index in [2.05, 4.69) is 5.32 Å². The van der Waals surface area contributed by atoms with E-state index in [0.29, 0.717) is 24.0 Å². The summed E-state index contributed by atoms with van der Waals surface area (Å²) < 4.78 is 28.4. The van der Waals surface area contributed by atoms with E-state index in [4.69, 9.17) is 29.4 Å². The van der Waals surface area contributed by atoms with Crippen molar-refractivity contribution in [3.05, 3.63) is 53.1 Å². The molecule has 7 unspecified atom stereocenters. The number of hydrogen-bond donors (Lipinski definition) is 3. The molecule has 1 aromatic carbocycles. The highest BCUT2D eigenvalue weighted by atomic mass is 16.6. The first kappa shape index (κ1) is 35.5. The molecule has 11 heteroatoms. The van der Waals surface area contributed by atoms with Crippen LogP contribution in [0.3, 0.4) is 0 Å². The lowest BCUT2D eigenvalue weighted by molar-refractivity contribution is -0.120. The van der Waals surface area contributed by atoms with Gasteiger partial charge in [0.15, 0.2) is 0 Å². The average molecular weight is 603 g/mol. The third kappa shape index (κ3) is 9.41. The molecule has 0 spiro atoms. The number of carbonyl (C=O) groups is 3. The van der Waals surface area contributed by atoms with Gasteiger partial charge >= 0.3 is 6.09 Å². The number of methoxy groups -OCH3 is 3. The van der Waals surface area contributed by atoms with Gasteiger partial charge in [0.25, 0.3) is 12.4 Å². The van der Waals surface area contributed by atoms with Crippen molar-refractivity contribution in [2.45, 2.75) is 71.9 Å². The number of fused-ring (bicyclic) bond motifs is 2. The second-order valence-corrected chi connectivity index (χ2v) is 10.8. The van der Waals surface area contributed by atoms with Crippen LogP contribution in [0.5, 0.6) is 11.5 Å². The van der Waals surface area contributed by atoms with E-state index in [0.717, 1.165) is 5.57 Å². The zero-order valence-corrected chi connectivity index (χ0v) is 26.3. The zero-order valence-electron chi connectivity index (χ0n) is 26.3. The molecular formula is C32H46N2O9. The SMILES string of the molecule is CC/C1=C\C(C)C(OC)C(OC)CC(C)C(OC)c2cc(OC=O)cc(c2O)NC(=O)/C(C)=C/C=C\C(C)C1OC(N)=O. The van der Waals surface area contributed by atoms with Gasteiger partial charge in [0.1, 0.15) is 17.6 Å². The van der Waals surface area contributed by atoms with Crippen LogP contribution in [0, 0.1) is 17.8 Å². The van der Waals surface area contributed by atoms with Gasteiger partial charge in [0, 0.05) is 50.4 Å². The normalized spacial score (nSPS) is 30.6. The van der Waals surface area contributed by atoms with Crippen LogP contribution in [0.1, 0.15) is 59.1 Å². The van der Waals surface area contributed by atoms with Gasteiger partial charge in [-0.2, -0.15) is 0 Å². The summed E-state index contributed by atoms with van der Waals surface area (Å²) in [6.07, 6.45) is 5.18. The lowest BCUT2D eigenvalue weighted by Crippen LogP contribution is -2.37. The van der Waals surface area contributed by atoms with E-state index in [1.807, 2.05) is 39.8 Å². The quantitative estimate of drug-likeness (QED) is 0.217.